The van der Waals surface area contributed by atoms with E-state index in [0.29, 0.717) is 5.71 Å². The fourth-order valence-corrected chi connectivity index (χ4v) is 1.52. The summed E-state index contributed by atoms with van der Waals surface area (Å²) in [5, 5.41) is 3.19. The van der Waals surface area contributed by atoms with Crippen molar-refractivity contribution in [2.45, 2.75) is 13.1 Å². The van der Waals surface area contributed by atoms with Gasteiger partial charge in [-0.1, -0.05) is 11.2 Å². The van der Waals surface area contributed by atoms with Gasteiger partial charge in [0.1, 0.15) is 5.82 Å². The zero-order valence-electron chi connectivity index (χ0n) is 10.5. The van der Waals surface area contributed by atoms with Crippen molar-refractivity contribution >= 4 is 5.71 Å². The lowest BCUT2D eigenvalue weighted by Gasteiger charge is -2.03. The highest BCUT2D eigenvalue weighted by Crippen LogP contribution is 2.29. The second-order valence-corrected chi connectivity index (χ2v) is 3.92. The first-order valence-electron chi connectivity index (χ1n) is 5.47. The quantitative estimate of drug-likeness (QED) is 0.629. The Morgan fingerprint density at radius 2 is 2.00 bits per heavy atom. The van der Waals surface area contributed by atoms with E-state index in [0.717, 1.165) is 6.07 Å². The second kappa shape index (κ2) is 5.03. The highest BCUT2D eigenvalue weighted by atomic mass is 19.4. The molecule has 0 bridgehead atoms. The smallest absolute Gasteiger partial charge is 0.329 e. The second-order valence-electron chi connectivity index (χ2n) is 3.92. The summed E-state index contributed by atoms with van der Waals surface area (Å²) in [5.41, 5.74) is 0.823. The van der Waals surface area contributed by atoms with E-state index < -0.39 is 17.9 Å². The standard InChI is InChI=1S/C12H9F4N3O/c1-6(17-2)8-4-3-7(5-9(8)13)10-18-11(20-19-10)12(14,15)16/h3-5H,1-2H3. The summed E-state index contributed by atoms with van der Waals surface area (Å²) in [6, 6.07) is 3.84. The van der Waals surface area contributed by atoms with Gasteiger partial charge in [-0.25, -0.2) is 4.39 Å². The third kappa shape index (κ3) is 2.68. The molecule has 0 N–H and O–H groups in total. The summed E-state index contributed by atoms with van der Waals surface area (Å²) in [4.78, 5) is 7.02. The molecule has 0 aliphatic rings. The minimum absolute atomic E-state index is 0.0920. The van der Waals surface area contributed by atoms with E-state index >= 15 is 0 Å². The van der Waals surface area contributed by atoms with Gasteiger partial charge in [0.05, 0.1) is 0 Å². The number of hydrogen-bond donors (Lipinski definition) is 0. The third-order valence-electron chi connectivity index (χ3n) is 2.62. The molecule has 2 aromatic rings. The van der Waals surface area contributed by atoms with Crippen molar-refractivity contribution < 1.29 is 22.1 Å². The number of rotatable bonds is 2. The molecule has 8 heteroatoms. The van der Waals surface area contributed by atoms with Gasteiger partial charge in [-0.2, -0.15) is 18.2 Å². The van der Waals surface area contributed by atoms with E-state index in [9.17, 15) is 17.6 Å². The van der Waals surface area contributed by atoms with Crippen molar-refractivity contribution in [3.8, 4) is 11.4 Å². The number of alkyl halides is 3. The van der Waals surface area contributed by atoms with Crippen molar-refractivity contribution in [1.29, 1.82) is 0 Å². The fraction of sp³-hybridized carbons (Fsp3) is 0.250. The van der Waals surface area contributed by atoms with Gasteiger partial charge in [-0.3, -0.25) is 4.99 Å². The Bertz CT molecular complexity index is 661. The van der Waals surface area contributed by atoms with E-state index in [-0.39, 0.29) is 17.0 Å². The molecule has 0 saturated carbocycles. The van der Waals surface area contributed by atoms with Crippen molar-refractivity contribution in [2.24, 2.45) is 4.99 Å². The largest absolute Gasteiger partial charge is 0.471 e. The molecule has 0 amide bonds. The van der Waals surface area contributed by atoms with Crippen LogP contribution in [0.2, 0.25) is 0 Å². The van der Waals surface area contributed by atoms with Crippen molar-refractivity contribution in [2.75, 3.05) is 7.05 Å². The van der Waals surface area contributed by atoms with Gasteiger partial charge in [0.2, 0.25) is 5.82 Å². The number of aromatic nitrogens is 2. The van der Waals surface area contributed by atoms with Crippen LogP contribution in [0.5, 0.6) is 0 Å². The topological polar surface area (TPSA) is 51.3 Å². The van der Waals surface area contributed by atoms with Crippen molar-refractivity contribution in [1.82, 2.24) is 10.1 Å². The third-order valence-corrected chi connectivity index (χ3v) is 2.62. The van der Waals surface area contributed by atoms with Gasteiger partial charge in [-0.15, -0.1) is 0 Å². The zero-order valence-corrected chi connectivity index (χ0v) is 10.5. The first-order chi connectivity index (χ1) is 9.32. The normalized spacial score (nSPS) is 12.8. The molecule has 106 valence electrons. The summed E-state index contributed by atoms with van der Waals surface area (Å²) in [6.07, 6.45) is -4.73. The monoisotopic (exact) mass is 287 g/mol. The lowest BCUT2D eigenvalue weighted by molar-refractivity contribution is -0.159. The Kier molecular flexibility index (Phi) is 3.56. The van der Waals surface area contributed by atoms with E-state index in [4.69, 9.17) is 0 Å². The van der Waals surface area contributed by atoms with Gasteiger partial charge in [-0.05, 0) is 19.1 Å². The number of hydrogen-bond acceptors (Lipinski definition) is 4. The Morgan fingerprint density at radius 1 is 1.30 bits per heavy atom. The predicted octanol–water partition coefficient (Wildman–Crippen LogP) is 3.33. The number of nitrogens with zero attached hydrogens (tertiary/aromatic N) is 3. The van der Waals surface area contributed by atoms with Crippen LogP contribution in [0, 0.1) is 5.82 Å². The summed E-state index contributed by atoms with van der Waals surface area (Å²) in [5.74, 6) is -2.42. The molecule has 1 aromatic heterocycles. The molecule has 20 heavy (non-hydrogen) atoms. The molecule has 0 fully saturated rings. The lowest BCUT2D eigenvalue weighted by Crippen LogP contribution is -2.05. The average Bonchev–Trinajstić information content (AvgIpc) is 2.87. The van der Waals surface area contributed by atoms with Gasteiger partial charge >= 0.3 is 12.1 Å². The van der Waals surface area contributed by atoms with Crippen LogP contribution in [0.4, 0.5) is 17.6 Å². The van der Waals surface area contributed by atoms with Crippen LogP contribution >= 0.6 is 0 Å². The minimum Gasteiger partial charge on any atom is -0.329 e. The highest BCUT2D eigenvalue weighted by Gasteiger charge is 2.38. The van der Waals surface area contributed by atoms with Gasteiger partial charge in [0.25, 0.3) is 0 Å². The molecule has 0 aliphatic heterocycles. The van der Waals surface area contributed by atoms with Crippen LogP contribution in [0.3, 0.4) is 0 Å². The highest BCUT2D eigenvalue weighted by molar-refractivity contribution is 5.99. The van der Waals surface area contributed by atoms with Crippen LogP contribution in [-0.4, -0.2) is 22.9 Å². The molecule has 0 atom stereocenters. The molecule has 0 unspecified atom stereocenters. The van der Waals surface area contributed by atoms with Crippen molar-refractivity contribution in [3.05, 3.63) is 35.5 Å². The molecule has 0 spiro atoms. The van der Waals surface area contributed by atoms with Crippen molar-refractivity contribution in [3.63, 3.8) is 0 Å². The number of halogens is 4. The molecular weight excluding hydrogens is 278 g/mol. The molecule has 1 heterocycles. The fourth-order valence-electron chi connectivity index (χ4n) is 1.52. The Morgan fingerprint density at radius 3 is 2.50 bits per heavy atom. The van der Waals surface area contributed by atoms with Gasteiger partial charge < -0.3 is 4.52 Å². The predicted molar refractivity (Wildman–Crippen MR) is 62.8 cm³/mol. The first kappa shape index (κ1) is 14.2. The summed E-state index contributed by atoms with van der Waals surface area (Å²) in [7, 11) is 1.51. The van der Waals surface area contributed by atoms with E-state index in [2.05, 4.69) is 19.7 Å². The first-order valence-corrected chi connectivity index (χ1v) is 5.47. The molecule has 1 aromatic carbocycles. The summed E-state index contributed by atoms with van der Waals surface area (Å²) >= 11 is 0. The maximum absolute atomic E-state index is 13.8. The maximum atomic E-state index is 13.8. The van der Waals surface area contributed by atoms with Crippen LogP contribution < -0.4 is 0 Å². The van der Waals surface area contributed by atoms with E-state index in [1.54, 1.807) is 6.92 Å². The molecular formula is C12H9F4N3O. The molecule has 2 rings (SSSR count). The van der Waals surface area contributed by atoms with Crippen LogP contribution in [0.15, 0.2) is 27.7 Å². The number of benzene rings is 1. The number of aliphatic imine (C=N–C) groups is 1. The van der Waals surface area contributed by atoms with Crippen LogP contribution in [-0.2, 0) is 6.18 Å². The van der Waals surface area contributed by atoms with Gasteiger partial charge in [0, 0.05) is 23.9 Å². The molecule has 0 saturated heterocycles. The van der Waals surface area contributed by atoms with Crippen LogP contribution in [0.1, 0.15) is 18.4 Å². The Balaban J connectivity index is 2.40. The summed E-state index contributed by atoms with van der Waals surface area (Å²) in [6.45, 7) is 1.62. The Labute approximate surface area is 111 Å². The zero-order chi connectivity index (χ0) is 14.9. The molecule has 0 radical (unpaired) electrons. The van der Waals surface area contributed by atoms with E-state index in [1.807, 2.05) is 0 Å². The average molecular weight is 287 g/mol. The Hall–Kier alpha value is -2.25. The molecule has 4 nitrogen and oxygen atoms in total. The lowest BCUT2D eigenvalue weighted by atomic mass is 10.1. The van der Waals surface area contributed by atoms with Crippen LogP contribution in [0.25, 0.3) is 11.4 Å². The maximum Gasteiger partial charge on any atom is 0.471 e. The molecule has 0 aliphatic carbocycles. The SMILES string of the molecule is CN=C(C)c1ccc(-c2noc(C(F)(F)F)n2)cc1F. The summed E-state index contributed by atoms with van der Waals surface area (Å²) < 4.78 is 54.9. The minimum atomic E-state index is -4.73. The van der Waals surface area contributed by atoms with Gasteiger partial charge in [0.15, 0.2) is 0 Å². The van der Waals surface area contributed by atoms with E-state index in [1.165, 1.54) is 19.2 Å².